The maximum Gasteiger partial charge on any atom is 0.410 e. The third kappa shape index (κ3) is 6.92. The average molecular weight is 515 g/mol. The maximum atomic E-state index is 13.0. The van der Waals surface area contributed by atoms with Gasteiger partial charge < -0.3 is 13.9 Å². The van der Waals surface area contributed by atoms with Gasteiger partial charge in [0.1, 0.15) is 12.7 Å². The molecule has 2 aromatic rings. The summed E-state index contributed by atoms with van der Waals surface area (Å²) >= 11 is 0. The first-order valence-corrected chi connectivity index (χ1v) is 14.8. The smallest absolute Gasteiger partial charge is 0.410 e. The van der Waals surface area contributed by atoms with Crippen molar-refractivity contribution < 1.29 is 28.4 Å². The van der Waals surface area contributed by atoms with Crippen molar-refractivity contribution in [3.8, 4) is 0 Å². The van der Waals surface area contributed by atoms with E-state index < -0.39 is 31.4 Å². The van der Waals surface area contributed by atoms with Crippen LogP contribution >= 0.6 is 0 Å². The number of nitrogens with zero attached hydrogens (tertiary/aromatic N) is 2. The fraction of sp³-hybridized carbons (Fsp3) is 0.462. The van der Waals surface area contributed by atoms with E-state index in [1.165, 1.54) is 12.1 Å². The summed E-state index contributed by atoms with van der Waals surface area (Å²) in [5.41, 5.74) is 1.05. The van der Waals surface area contributed by atoms with Gasteiger partial charge in [-0.2, -0.15) is 0 Å². The largest absolute Gasteiger partial charge is 0.457 e. The molecule has 1 saturated heterocycles. The number of amides is 1. The Labute approximate surface area is 212 Å². The van der Waals surface area contributed by atoms with Gasteiger partial charge in [0, 0.05) is 18.6 Å². The van der Waals surface area contributed by atoms with Crippen LogP contribution in [0.1, 0.15) is 43.1 Å². The lowest BCUT2D eigenvalue weighted by Crippen LogP contribution is -2.46. The van der Waals surface area contributed by atoms with Crippen molar-refractivity contribution in [3.05, 3.63) is 75.8 Å². The van der Waals surface area contributed by atoms with Crippen molar-refractivity contribution >= 4 is 26.1 Å². The number of carbonyl (C=O) groups is 2. The van der Waals surface area contributed by atoms with Gasteiger partial charge in [-0.1, -0.05) is 39.0 Å². The summed E-state index contributed by atoms with van der Waals surface area (Å²) in [5, 5.41) is 10.9. The Kier molecular flexibility index (Phi) is 8.52. The quantitative estimate of drug-likeness (QED) is 0.197. The van der Waals surface area contributed by atoms with Crippen molar-refractivity contribution in [2.45, 2.75) is 64.1 Å². The second kappa shape index (κ2) is 11.2. The predicted octanol–water partition coefficient (Wildman–Crippen LogP) is 5.55. The Morgan fingerprint density at radius 2 is 1.72 bits per heavy atom. The molecule has 194 valence electrons. The molecule has 10 heteroatoms. The molecule has 1 heterocycles. The number of carbonyl (C=O) groups excluding carboxylic acids is 2. The number of non-ortho nitro benzene ring substituents is 1. The van der Waals surface area contributed by atoms with Gasteiger partial charge in [0.2, 0.25) is 0 Å². The molecule has 0 saturated carbocycles. The number of likely N-dealkylation sites (tertiary alicyclic amines) is 1. The Bertz CT molecular complexity index is 1070. The van der Waals surface area contributed by atoms with E-state index in [9.17, 15) is 19.7 Å². The van der Waals surface area contributed by atoms with E-state index in [-0.39, 0.29) is 29.9 Å². The molecule has 0 spiro atoms. The van der Waals surface area contributed by atoms with Gasteiger partial charge in [0.25, 0.3) is 5.69 Å². The summed E-state index contributed by atoms with van der Waals surface area (Å²) in [6.45, 7) is 11.2. The van der Waals surface area contributed by atoms with E-state index in [1.807, 2.05) is 6.07 Å². The molecule has 1 aliphatic heterocycles. The molecular formula is C26H34N2O7Si. The molecule has 2 aromatic carbocycles. The van der Waals surface area contributed by atoms with Crippen LogP contribution in [0.3, 0.4) is 0 Å². The van der Waals surface area contributed by atoms with Gasteiger partial charge in [0.15, 0.2) is 8.32 Å². The number of rotatable bonds is 8. The van der Waals surface area contributed by atoms with Crippen molar-refractivity contribution in [2.24, 2.45) is 0 Å². The number of hydrogen-bond donors (Lipinski definition) is 0. The first-order valence-electron chi connectivity index (χ1n) is 11.9. The number of nitro benzene ring substituents is 1. The normalized spacial score (nSPS) is 18.1. The zero-order chi connectivity index (χ0) is 26.5. The summed E-state index contributed by atoms with van der Waals surface area (Å²) < 4.78 is 17.6. The monoisotopic (exact) mass is 514 g/mol. The standard InChI is InChI=1S/C26H34N2O7Si/c1-26(2,3)36(4,5)34-18-22-15-23(35-24(29)20-9-7-6-8-10-20)16-27(22)25(30)33-17-19-11-13-21(14-12-19)28(31)32/h6-14,22-23H,15-18H2,1-5H3/t22-,23+/m0/s1. The molecule has 2 atom stereocenters. The van der Waals surface area contributed by atoms with Crippen LogP contribution in [-0.4, -0.2) is 55.5 Å². The summed E-state index contributed by atoms with van der Waals surface area (Å²) in [6, 6.07) is 14.3. The van der Waals surface area contributed by atoms with Crippen molar-refractivity contribution in [1.82, 2.24) is 4.90 Å². The van der Waals surface area contributed by atoms with Crippen molar-refractivity contribution in [3.63, 3.8) is 0 Å². The Morgan fingerprint density at radius 3 is 2.31 bits per heavy atom. The zero-order valence-corrected chi connectivity index (χ0v) is 22.4. The number of nitro groups is 1. The molecule has 1 aliphatic rings. The summed E-state index contributed by atoms with van der Waals surface area (Å²) in [6.07, 6.45) is -0.590. The van der Waals surface area contributed by atoms with Gasteiger partial charge >= 0.3 is 12.1 Å². The van der Waals surface area contributed by atoms with Gasteiger partial charge in [-0.15, -0.1) is 0 Å². The van der Waals surface area contributed by atoms with Crippen LogP contribution in [0.4, 0.5) is 10.5 Å². The molecule has 9 nitrogen and oxygen atoms in total. The molecule has 1 amide bonds. The molecule has 0 N–H and O–H groups in total. The van der Waals surface area contributed by atoms with E-state index in [4.69, 9.17) is 13.9 Å². The van der Waals surface area contributed by atoms with E-state index in [1.54, 1.807) is 41.3 Å². The fourth-order valence-electron chi connectivity index (χ4n) is 3.60. The minimum absolute atomic E-state index is 0.00599. The van der Waals surface area contributed by atoms with E-state index in [0.29, 0.717) is 24.2 Å². The SMILES string of the molecule is CC(C)(C)[Si](C)(C)OC[C@@H]1C[C@@H](OC(=O)c2ccccc2)CN1C(=O)OCc1ccc([N+](=O)[O-])cc1. The zero-order valence-electron chi connectivity index (χ0n) is 21.4. The highest BCUT2D eigenvalue weighted by molar-refractivity contribution is 6.74. The van der Waals surface area contributed by atoms with Crippen LogP contribution in [0.15, 0.2) is 54.6 Å². The first kappa shape index (κ1) is 27.3. The summed E-state index contributed by atoms with van der Waals surface area (Å²) in [4.78, 5) is 37.6. The van der Waals surface area contributed by atoms with Crippen molar-refractivity contribution in [1.29, 1.82) is 0 Å². The van der Waals surface area contributed by atoms with Gasteiger partial charge in [-0.05, 0) is 48.0 Å². The van der Waals surface area contributed by atoms with E-state index in [0.717, 1.165) is 0 Å². The third-order valence-corrected chi connectivity index (χ3v) is 11.3. The second-order valence-electron chi connectivity index (χ2n) is 10.5. The fourth-order valence-corrected chi connectivity index (χ4v) is 4.64. The highest BCUT2D eigenvalue weighted by atomic mass is 28.4. The third-order valence-electron chi connectivity index (χ3n) is 6.85. The molecule has 0 aliphatic carbocycles. The van der Waals surface area contributed by atoms with Gasteiger partial charge in [-0.25, -0.2) is 9.59 Å². The molecule has 0 bridgehead atoms. The Morgan fingerprint density at radius 1 is 1.08 bits per heavy atom. The number of hydrogen-bond acceptors (Lipinski definition) is 7. The van der Waals surface area contributed by atoms with Crippen LogP contribution < -0.4 is 0 Å². The van der Waals surface area contributed by atoms with Crippen molar-refractivity contribution in [2.75, 3.05) is 13.2 Å². The van der Waals surface area contributed by atoms with Crippen LogP contribution in [0.2, 0.25) is 18.1 Å². The van der Waals surface area contributed by atoms with Gasteiger partial charge in [-0.3, -0.25) is 15.0 Å². The molecule has 0 aromatic heterocycles. The topological polar surface area (TPSA) is 108 Å². The molecular weight excluding hydrogens is 480 g/mol. The minimum atomic E-state index is -2.07. The molecule has 0 radical (unpaired) electrons. The highest BCUT2D eigenvalue weighted by Gasteiger charge is 2.42. The van der Waals surface area contributed by atoms with E-state index >= 15 is 0 Å². The van der Waals surface area contributed by atoms with E-state index in [2.05, 4.69) is 33.9 Å². The number of ether oxygens (including phenoxy) is 2. The Balaban J connectivity index is 1.68. The van der Waals surface area contributed by atoms with Crippen LogP contribution in [0.5, 0.6) is 0 Å². The highest BCUT2D eigenvalue weighted by Crippen LogP contribution is 2.37. The first-order chi connectivity index (χ1) is 16.9. The molecule has 0 unspecified atom stereocenters. The lowest BCUT2D eigenvalue weighted by atomic mass is 10.2. The summed E-state index contributed by atoms with van der Waals surface area (Å²) in [5.74, 6) is -0.439. The minimum Gasteiger partial charge on any atom is -0.457 e. The van der Waals surface area contributed by atoms with Crippen LogP contribution in [0, 0.1) is 10.1 Å². The molecule has 1 fully saturated rings. The number of esters is 1. The maximum absolute atomic E-state index is 13.0. The lowest BCUT2D eigenvalue weighted by Gasteiger charge is -2.37. The summed E-state index contributed by atoms with van der Waals surface area (Å²) in [7, 11) is -2.07. The predicted molar refractivity (Wildman–Crippen MR) is 137 cm³/mol. The number of benzene rings is 2. The lowest BCUT2D eigenvalue weighted by molar-refractivity contribution is -0.384. The second-order valence-corrected chi connectivity index (χ2v) is 15.3. The Hall–Kier alpha value is -3.24. The molecule has 3 rings (SSSR count). The van der Waals surface area contributed by atoms with Gasteiger partial charge in [0.05, 0.1) is 29.7 Å². The van der Waals surface area contributed by atoms with Crippen LogP contribution in [-0.2, 0) is 20.5 Å². The van der Waals surface area contributed by atoms with Crippen LogP contribution in [0.25, 0.3) is 0 Å². The molecule has 36 heavy (non-hydrogen) atoms. The average Bonchev–Trinajstić information content (AvgIpc) is 3.24.